The Morgan fingerprint density at radius 1 is 0.919 bits per heavy atom. The molecule has 1 aromatic rings. The summed E-state index contributed by atoms with van der Waals surface area (Å²) in [5.74, 6) is 1.65. The fourth-order valence-electron chi connectivity index (χ4n) is 3.30. The molecule has 0 aliphatic heterocycles. The number of rotatable bonds is 11. The molecule has 6 heteroatoms. The van der Waals surface area contributed by atoms with Crippen LogP contribution in [-0.4, -0.2) is 35.0 Å². The fourth-order valence-corrected chi connectivity index (χ4v) is 5.31. The lowest BCUT2D eigenvalue weighted by atomic mass is 9.86. The average molecular weight is 551 g/mol. The highest BCUT2D eigenvalue weighted by molar-refractivity contribution is 6.75. The largest absolute Gasteiger partial charge is 0.541 e. The van der Waals surface area contributed by atoms with Crippen molar-refractivity contribution in [2.45, 2.75) is 137 Å². The Morgan fingerprint density at radius 3 is 1.92 bits per heavy atom. The smallest absolute Gasteiger partial charge is 0.250 e. The van der Waals surface area contributed by atoms with E-state index in [2.05, 4.69) is 114 Å². The minimum atomic E-state index is -2.08. The number of aliphatic hydroxyl groups excluding tert-OH is 1. The first-order valence-electron chi connectivity index (χ1n) is 13.9. The molecule has 1 unspecified atom stereocenters. The van der Waals surface area contributed by atoms with E-state index in [0.717, 1.165) is 41.9 Å². The van der Waals surface area contributed by atoms with Crippen LogP contribution in [0.15, 0.2) is 23.8 Å². The van der Waals surface area contributed by atoms with E-state index in [0.29, 0.717) is 6.61 Å². The molecule has 0 aromatic heterocycles. The van der Waals surface area contributed by atoms with Crippen LogP contribution in [-0.2, 0) is 17.5 Å². The molecule has 214 valence electrons. The Morgan fingerprint density at radius 2 is 1.46 bits per heavy atom. The van der Waals surface area contributed by atoms with E-state index in [1.807, 2.05) is 0 Å². The van der Waals surface area contributed by atoms with Gasteiger partial charge in [-0.15, -0.1) is 0 Å². The number of methoxy groups -OCH3 is 1. The quantitative estimate of drug-likeness (QED) is 0.220. The third kappa shape index (κ3) is 9.87. The zero-order chi connectivity index (χ0) is 29.0. The van der Waals surface area contributed by atoms with Gasteiger partial charge in [0.2, 0.25) is 0 Å². The molecule has 1 rings (SSSR count). The van der Waals surface area contributed by atoms with E-state index in [9.17, 15) is 5.11 Å². The van der Waals surface area contributed by atoms with Crippen molar-refractivity contribution in [2.75, 3.05) is 7.11 Å². The van der Waals surface area contributed by atoms with Gasteiger partial charge >= 0.3 is 0 Å². The molecule has 0 saturated heterocycles. The monoisotopic (exact) mass is 550 g/mol. The van der Waals surface area contributed by atoms with E-state index in [4.69, 9.17) is 13.6 Å². The lowest BCUT2D eigenvalue weighted by molar-refractivity contribution is 0.0560. The van der Waals surface area contributed by atoms with Gasteiger partial charge in [0.15, 0.2) is 14.1 Å². The number of hydrogen-bond acceptors (Lipinski definition) is 4. The van der Waals surface area contributed by atoms with Crippen molar-refractivity contribution in [1.29, 1.82) is 0 Å². The van der Waals surface area contributed by atoms with E-state index in [-0.39, 0.29) is 21.6 Å². The summed E-state index contributed by atoms with van der Waals surface area (Å²) in [7, 11) is -2.24. The highest BCUT2D eigenvalue weighted by atomic mass is 28.4. The van der Waals surface area contributed by atoms with E-state index < -0.39 is 16.6 Å². The Hall–Kier alpha value is -1.09. The average Bonchev–Trinajstić information content (AvgIpc) is 2.72. The molecule has 0 aliphatic rings. The van der Waals surface area contributed by atoms with Gasteiger partial charge in [-0.05, 0) is 85.6 Å². The van der Waals surface area contributed by atoms with Crippen LogP contribution in [0.5, 0.6) is 11.5 Å². The summed E-state index contributed by atoms with van der Waals surface area (Å²) in [5.41, 5.74) is 3.43. The first kappa shape index (κ1) is 33.9. The normalized spacial score (nSPS) is 15.1. The van der Waals surface area contributed by atoms with Crippen molar-refractivity contribution in [3.63, 3.8) is 0 Å². The molecule has 37 heavy (non-hydrogen) atoms. The molecular formula is C31H58O4Si2. The van der Waals surface area contributed by atoms with Gasteiger partial charge in [0.25, 0.3) is 8.32 Å². The molecule has 0 heterocycles. The van der Waals surface area contributed by atoms with Crippen LogP contribution in [0.25, 0.3) is 0 Å². The van der Waals surface area contributed by atoms with Gasteiger partial charge in [0, 0.05) is 5.56 Å². The standard InChI is InChI=1S/C31H58O4Si2/c1-23(17-19-27(32)29(2,3)4)16-18-25-20-24(22-34-36(12,13)30(5,6)7)21-26(33-11)28(25)35-37(14,15)31(8,9)10/h16,20-21,27,32H,17-19,22H2,1-15H3/b23-16+. The van der Waals surface area contributed by atoms with Gasteiger partial charge in [-0.2, -0.15) is 0 Å². The lowest BCUT2D eigenvalue weighted by Gasteiger charge is -2.38. The van der Waals surface area contributed by atoms with Gasteiger partial charge in [-0.1, -0.05) is 74.0 Å². The Bertz CT molecular complexity index is 913. The summed E-state index contributed by atoms with van der Waals surface area (Å²) in [6.45, 7) is 31.7. The van der Waals surface area contributed by atoms with Crippen LogP contribution in [0.2, 0.25) is 36.3 Å². The predicted octanol–water partition coefficient (Wildman–Crippen LogP) is 9.28. The fraction of sp³-hybridized carbons (Fsp3) is 0.742. The second-order valence-electron chi connectivity index (χ2n) is 14.9. The van der Waals surface area contributed by atoms with Crippen molar-refractivity contribution in [2.24, 2.45) is 5.41 Å². The zero-order valence-corrected chi connectivity index (χ0v) is 28.8. The maximum absolute atomic E-state index is 10.5. The number of ether oxygens (including phenoxy) is 1. The number of allylic oxidation sites excluding steroid dienone is 2. The first-order chi connectivity index (χ1) is 16.5. The maximum atomic E-state index is 10.5. The summed E-state index contributed by atoms with van der Waals surface area (Å²) < 4.78 is 19.3. The molecule has 0 saturated carbocycles. The van der Waals surface area contributed by atoms with Crippen LogP contribution in [0.3, 0.4) is 0 Å². The third-order valence-corrected chi connectivity index (χ3v) is 17.3. The van der Waals surface area contributed by atoms with Gasteiger partial charge in [0.1, 0.15) is 5.75 Å². The summed E-state index contributed by atoms with van der Waals surface area (Å²) in [6.07, 6.45) is 4.36. The second kappa shape index (κ2) is 12.4. The first-order valence-corrected chi connectivity index (χ1v) is 19.7. The number of hydrogen-bond donors (Lipinski definition) is 1. The summed E-state index contributed by atoms with van der Waals surface area (Å²) >= 11 is 0. The van der Waals surface area contributed by atoms with Crippen molar-refractivity contribution < 1.29 is 18.7 Å². The van der Waals surface area contributed by atoms with Gasteiger partial charge < -0.3 is 18.7 Å². The van der Waals surface area contributed by atoms with Crippen LogP contribution < -0.4 is 9.16 Å². The Balaban J connectivity index is 3.38. The van der Waals surface area contributed by atoms with Crippen molar-refractivity contribution in [3.8, 4) is 11.5 Å². The van der Waals surface area contributed by atoms with Crippen LogP contribution in [0, 0.1) is 5.41 Å². The Labute approximate surface area is 231 Å². The molecule has 0 bridgehead atoms. The molecule has 0 amide bonds. The second-order valence-corrected chi connectivity index (χ2v) is 24.4. The summed E-state index contributed by atoms with van der Waals surface area (Å²) in [6, 6.07) is 4.33. The molecular weight excluding hydrogens is 493 g/mol. The van der Waals surface area contributed by atoms with E-state index >= 15 is 0 Å². The predicted molar refractivity (Wildman–Crippen MR) is 165 cm³/mol. The van der Waals surface area contributed by atoms with Crippen LogP contribution in [0.1, 0.15) is 93.2 Å². The van der Waals surface area contributed by atoms with Gasteiger partial charge in [0.05, 0.1) is 19.8 Å². The number of aliphatic hydroxyl groups is 1. The van der Waals surface area contributed by atoms with Crippen molar-refractivity contribution in [3.05, 3.63) is 34.9 Å². The van der Waals surface area contributed by atoms with E-state index in [1.165, 1.54) is 5.57 Å². The summed E-state index contributed by atoms with van der Waals surface area (Å²) in [4.78, 5) is 0. The maximum Gasteiger partial charge on any atom is 0.250 e. The highest BCUT2D eigenvalue weighted by Crippen LogP contribution is 2.43. The van der Waals surface area contributed by atoms with E-state index in [1.54, 1.807) is 7.11 Å². The minimum absolute atomic E-state index is 0.0776. The molecule has 0 radical (unpaired) electrons. The molecule has 1 aromatic carbocycles. The highest BCUT2D eigenvalue weighted by Gasteiger charge is 2.40. The van der Waals surface area contributed by atoms with Crippen LogP contribution >= 0.6 is 0 Å². The minimum Gasteiger partial charge on any atom is -0.541 e. The summed E-state index contributed by atoms with van der Waals surface area (Å²) in [5, 5.41) is 10.7. The molecule has 1 N–H and O–H groups in total. The Kier molecular flexibility index (Phi) is 11.4. The lowest BCUT2D eigenvalue weighted by Crippen LogP contribution is -2.44. The third-order valence-electron chi connectivity index (χ3n) is 8.46. The SMILES string of the molecule is COc1cc(CO[Si](C)(C)C(C)(C)C)cc(C/C=C(\C)CCC(O)C(C)(C)C)c1O[Si](C)(C)C(C)(C)C. The van der Waals surface area contributed by atoms with Crippen molar-refractivity contribution >= 4 is 16.6 Å². The topological polar surface area (TPSA) is 47.9 Å². The zero-order valence-electron chi connectivity index (χ0n) is 26.8. The van der Waals surface area contributed by atoms with Gasteiger partial charge in [-0.25, -0.2) is 0 Å². The molecule has 0 spiro atoms. The number of benzene rings is 1. The molecule has 0 fully saturated rings. The molecule has 0 aliphatic carbocycles. The van der Waals surface area contributed by atoms with Crippen LogP contribution in [0.4, 0.5) is 0 Å². The molecule has 4 nitrogen and oxygen atoms in total. The van der Waals surface area contributed by atoms with Crippen molar-refractivity contribution in [1.82, 2.24) is 0 Å². The molecule has 1 atom stereocenters. The van der Waals surface area contributed by atoms with Gasteiger partial charge in [-0.3, -0.25) is 0 Å².